The smallest absolute Gasteiger partial charge is 0.126 e. The zero-order chi connectivity index (χ0) is 12.4. The molecule has 0 unspecified atom stereocenters. The minimum Gasteiger partial charge on any atom is -0.361 e. The Balaban J connectivity index is 2.26. The average Bonchev–Trinajstić information content (AvgIpc) is 2.69. The zero-order valence-corrected chi connectivity index (χ0v) is 10.7. The SMILES string of the molecule is CCN(C)CCc1c[nH]c2cc(C)c(F)cc12. The van der Waals surface area contributed by atoms with Gasteiger partial charge in [0, 0.05) is 23.6 Å². The van der Waals surface area contributed by atoms with Gasteiger partial charge in [0.1, 0.15) is 5.82 Å². The van der Waals surface area contributed by atoms with Gasteiger partial charge in [0.15, 0.2) is 0 Å². The number of aromatic amines is 1. The Hall–Kier alpha value is -1.35. The summed E-state index contributed by atoms with van der Waals surface area (Å²) >= 11 is 0. The number of aromatic nitrogens is 1. The standard InChI is InChI=1S/C14H19FN2/c1-4-17(3)6-5-11-9-16-14-7-10(2)13(15)8-12(11)14/h7-9,16H,4-6H2,1-3H3. The molecule has 0 saturated heterocycles. The molecule has 3 heteroatoms. The van der Waals surface area contributed by atoms with Crippen LogP contribution in [0.15, 0.2) is 18.3 Å². The van der Waals surface area contributed by atoms with Gasteiger partial charge in [-0.05, 0) is 50.2 Å². The van der Waals surface area contributed by atoms with E-state index in [-0.39, 0.29) is 5.82 Å². The quantitative estimate of drug-likeness (QED) is 0.861. The molecule has 17 heavy (non-hydrogen) atoms. The third-order valence-corrected chi connectivity index (χ3v) is 3.35. The van der Waals surface area contributed by atoms with E-state index in [4.69, 9.17) is 0 Å². The van der Waals surface area contributed by atoms with Crippen LogP contribution in [0.4, 0.5) is 4.39 Å². The zero-order valence-electron chi connectivity index (χ0n) is 10.7. The molecule has 0 atom stereocenters. The van der Waals surface area contributed by atoms with Crippen molar-refractivity contribution >= 4 is 10.9 Å². The number of rotatable bonds is 4. The van der Waals surface area contributed by atoms with E-state index in [0.717, 1.165) is 30.4 Å². The van der Waals surface area contributed by atoms with Crippen molar-refractivity contribution in [1.82, 2.24) is 9.88 Å². The number of nitrogens with zero attached hydrogens (tertiary/aromatic N) is 1. The van der Waals surface area contributed by atoms with Crippen LogP contribution in [0.3, 0.4) is 0 Å². The Morgan fingerprint density at radius 1 is 1.35 bits per heavy atom. The van der Waals surface area contributed by atoms with Gasteiger partial charge in [0.05, 0.1) is 0 Å². The van der Waals surface area contributed by atoms with Crippen LogP contribution in [0.25, 0.3) is 10.9 Å². The van der Waals surface area contributed by atoms with Crippen LogP contribution in [0.2, 0.25) is 0 Å². The molecule has 1 heterocycles. The number of likely N-dealkylation sites (N-methyl/N-ethyl adjacent to an activating group) is 1. The van der Waals surface area contributed by atoms with Crippen LogP contribution < -0.4 is 0 Å². The molecule has 0 fully saturated rings. The van der Waals surface area contributed by atoms with Crippen molar-refractivity contribution in [1.29, 1.82) is 0 Å². The fourth-order valence-electron chi connectivity index (χ4n) is 1.99. The minimum atomic E-state index is -0.123. The molecule has 1 N–H and O–H groups in total. The molecular formula is C14H19FN2. The lowest BCUT2D eigenvalue weighted by Crippen LogP contribution is -2.20. The van der Waals surface area contributed by atoms with Gasteiger partial charge in [0.25, 0.3) is 0 Å². The maximum Gasteiger partial charge on any atom is 0.126 e. The van der Waals surface area contributed by atoms with Gasteiger partial charge in [-0.1, -0.05) is 6.92 Å². The van der Waals surface area contributed by atoms with Crippen molar-refractivity contribution in [3.8, 4) is 0 Å². The molecule has 0 bridgehead atoms. The predicted molar refractivity (Wildman–Crippen MR) is 69.9 cm³/mol. The molecule has 2 aromatic rings. The average molecular weight is 234 g/mol. The number of aryl methyl sites for hydroxylation is 1. The normalized spacial score (nSPS) is 11.6. The van der Waals surface area contributed by atoms with E-state index in [9.17, 15) is 4.39 Å². The molecule has 0 aliphatic heterocycles. The van der Waals surface area contributed by atoms with Crippen LogP contribution >= 0.6 is 0 Å². The number of fused-ring (bicyclic) bond motifs is 1. The molecular weight excluding hydrogens is 215 g/mol. The third kappa shape index (κ3) is 2.50. The molecule has 92 valence electrons. The maximum absolute atomic E-state index is 13.5. The van der Waals surface area contributed by atoms with E-state index in [1.807, 2.05) is 12.3 Å². The first-order valence-corrected chi connectivity index (χ1v) is 6.06. The van der Waals surface area contributed by atoms with Gasteiger partial charge in [-0.15, -0.1) is 0 Å². The van der Waals surface area contributed by atoms with E-state index >= 15 is 0 Å². The molecule has 0 amide bonds. The Morgan fingerprint density at radius 3 is 2.82 bits per heavy atom. The van der Waals surface area contributed by atoms with Crippen LogP contribution in [0.5, 0.6) is 0 Å². The molecule has 1 aromatic carbocycles. The highest BCUT2D eigenvalue weighted by Crippen LogP contribution is 2.22. The lowest BCUT2D eigenvalue weighted by Gasteiger charge is -2.12. The summed E-state index contributed by atoms with van der Waals surface area (Å²) in [5, 5.41) is 1.01. The highest BCUT2D eigenvalue weighted by molar-refractivity contribution is 5.84. The van der Waals surface area contributed by atoms with E-state index in [2.05, 4.69) is 23.9 Å². The summed E-state index contributed by atoms with van der Waals surface area (Å²) in [5.41, 5.74) is 2.91. The summed E-state index contributed by atoms with van der Waals surface area (Å²) in [6, 6.07) is 3.51. The van der Waals surface area contributed by atoms with E-state index in [1.54, 1.807) is 13.0 Å². The number of hydrogen-bond donors (Lipinski definition) is 1. The first kappa shape index (κ1) is 12.1. The Morgan fingerprint density at radius 2 is 2.12 bits per heavy atom. The number of nitrogens with one attached hydrogen (secondary N) is 1. The molecule has 2 nitrogen and oxygen atoms in total. The molecule has 0 aliphatic rings. The van der Waals surface area contributed by atoms with Crippen molar-refractivity contribution in [3.05, 3.63) is 35.3 Å². The maximum atomic E-state index is 13.5. The van der Waals surface area contributed by atoms with Gasteiger partial charge in [-0.3, -0.25) is 0 Å². The highest BCUT2D eigenvalue weighted by Gasteiger charge is 2.07. The fraction of sp³-hybridized carbons (Fsp3) is 0.429. The lowest BCUT2D eigenvalue weighted by atomic mass is 10.1. The molecule has 0 aliphatic carbocycles. The van der Waals surface area contributed by atoms with Crippen LogP contribution in [0, 0.1) is 12.7 Å². The lowest BCUT2D eigenvalue weighted by molar-refractivity contribution is 0.358. The van der Waals surface area contributed by atoms with Gasteiger partial charge in [-0.2, -0.15) is 0 Å². The number of halogens is 1. The van der Waals surface area contributed by atoms with Crippen molar-refractivity contribution < 1.29 is 4.39 Å². The first-order valence-electron chi connectivity index (χ1n) is 6.06. The molecule has 0 saturated carbocycles. The monoisotopic (exact) mass is 234 g/mol. The van der Waals surface area contributed by atoms with Crippen molar-refractivity contribution in [2.24, 2.45) is 0 Å². The summed E-state index contributed by atoms with van der Waals surface area (Å²) in [7, 11) is 2.10. The van der Waals surface area contributed by atoms with E-state index in [1.165, 1.54) is 5.56 Å². The highest BCUT2D eigenvalue weighted by atomic mass is 19.1. The van der Waals surface area contributed by atoms with Crippen molar-refractivity contribution in [2.75, 3.05) is 20.1 Å². The topological polar surface area (TPSA) is 19.0 Å². The second-order valence-corrected chi connectivity index (χ2v) is 4.61. The molecule has 1 aromatic heterocycles. The van der Waals surface area contributed by atoms with Gasteiger partial charge in [0.2, 0.25) is 0 Å². The molecule has 0 spiro atoms. The van der Waals surface area contributed by atoms with Crippen LogP contribution in [0.1, 0.15) is 18.1 Å². The van der Waals surface area contributed by atoms with Gasteiger partial charge < -0.3 is 9.88 Å². The predicted octanol–water partition coefficient (Wildman–Crippen LogP) is 3.11. The molecule has 2 rings (SSSR count). The molecule has 0 radical (unpaired) electrons. The number of H-pyrrole nitrogens is 1. The Kier molecular flexibility index (Phi) is 3.48. The summed E-state index contributed by atoms with van der Waals surface area (Å²) in [6.45, 7) is 5.97. The summed E-state index contributed by atoms with van der Waals surface area (Å²) < 4.78 is 13.5. The summed E-state index contributed by atoms with van der Waals surface area (Å²) in [4.78, 5) is 5.47. The van der Waals surface area contributed by atoms with Crippen LogP contribution in [-0.4, -0.2) is 30.0 Å². The third-order valence-electron chi connectivity index (χ3n) is 3.35. The van der Waals surface area contributed by atoms with Gasteiger partial charge >= 0.3 is 0 Å². The van der Waals surface area contributed by atoms with Crippen molar-refractivity contribution in [2.45, 2.75) is 20.3 Å². The van der Waals surface area contributed by atoms with E-state index < -0.39 is 0 Å². The number of hydrogen-bond acceptors (Lipinski definition) is 1. The Labute approximate surface area is 101 Å². The minimum absolute atomic E-state index is 0.123. The second kappa shape index (κ2) is 4.88. The summed E-state index contributed by atoms with van der Waals surface area (Å²) in [5.74, 6) is -0.123. The fourth-order valence-corrected chi connectivity index (χ4v) is 1.99. The summed E-state index contributed by atoms with van der Waals surface area (Å²) in [6.07, 6.45) is 2.94. The van der Waals surface area contributed by atoms with E-state index in [0.29, 0.717) is 5.56 Å². The first-order chi connectivity index (χ1) is 8.11. The van der Waals surface area contributed by atoms with Gasteiger partial charge in [-0.25, -0.2) is 4.39 Å². The Bertz CT molecular complexity index is 516. The largest absolute Gasteiger partial charge is 0.361 e. The second-order valence-electron chi connectivity index (χ2n) is 4.61. The van der Waals surface area contributed by atoms with Crippen LogP contribution in [-0.2, 0) is 6.42 Å². The van der Waals surface area contributed by atoms with Crippen molar-refractivity contribution in [3.63, 3.8) is 0 Å². The number of benzene rings is 1.